The van der Waals surface area contributed by atoms with Crippen molar-refractivity contribution in [3.8, 4) is 0 Å². The molecule has 0 amide bonds. The van der Waals surface area contributed by atoms with Crippen molar-refractivity contribution in [3.05, 3.63) is 12.2 Å². The van der Waals surface area contributed by atoms with Crippen LogP contribution in [0.25, 0.3) is 0 Å². The highest BCUT2D eigenvalue weighted by Gasteiger charge is 2.49. The fourth-order valence-corrected chi connectivity index (χ4v) is 2.47. The molecule has 1 heteroatoms. The van der Waals surface area contributed by atoms with E-state index in [1.807, 2.05) is 0 Å². The van der Waals surface area contributed by atoms with E-state index in [1.54, 1.807) is 6.92 Å². The minimum Gasteiger partial charge on any atom is -0.299 e. The lowest BCUT2D eigenvalue weighted by Gasteiger charge is -2.49. The standard InChI is InChI=1S/C10H14O/c1-8(11)10-6-3-2-4-9(10)5-7-10/h2-3,9H,4-7H2,1H3. The van der Waals surface area contributed by atoms with E-state index in [0.29, 0.717) is 11.7 Å². The second-order valence-corrected chi connectivity index (χ2v) is 3.86. The molecule has 0 spiro atoms. The summed E-state index contributed by atoms with van der Waals surface area (Å²) in [4.78, 5) is 11.3. The molecule has 0 heterocycles. The molecule has 60 valence electrons. The number of ketones is 1. The maximum Gasteiger partial charge on any atom is 0.136 e. The van der Waals surface area contributed by atoms with Gasteiger partial charge < -0.3 is 0 Å². The molecule has 1 fully saturated rings. The number of fused-ring (bicyclic) bond motifs is 1. The van der Waals surface area contributed by atoms with Crippen molar-refractivity contribution in [2.45, 2.75) is 32.6 Å². The van der Waals surface area contributed by atoms with E-state index in [9.17, 15) is 4.79 Å². The van der Waals surface area contributed by atoms with Gasteiger partial charge in [-0.15, -0.1) is 0 Å². The first-order valence-electron chi connectivity index (χ1n) is 4.42. The van der Waals surface area contributed by atoms with Gasteiger partial charge in [-0.05, 0) is 38.5 Å². The van der Waals surface area contributed by atoms with Crippen molar-refractivity contribution in [1.29, 1.82) is 0 Å². The van der Waals surface area contributed by atoms with Crippen LogP contribution < -0.4 is 0 Å². The van der Waals surface area contributed by atoms with Crippen LogP contribution in [0.4, 0.5) is 0 Å². The smallest absolute Gasteiger partial charge is 0.136 e. The van der Waals surface area contributed by atoms with Gasteiger partial charge in [0.2, 0.25) is 0 Å². The predicted molar refractivity (Wildman–Crippen MR) is 44.2 cm³/mol. The summed E-state index contributed by atoms with van der Waals surface area (Å²) in [5, 5.41) is 0. The second-order valence-electron chi connectivity index (χ2n) is 3.86. The third-order valence-electron chi connectivity index (χ3n) is 3.49. The zero-order valence-electron chi connectivity index (χ0n) is 6.97. The van der Waals surface area contributed by atoms with Crippen LogP contribution in [-0.2, 0) is 4.79 Å². The van der Waals surface area contributed by atoms with E-state index >= 15 is 0 Å². The van der Waals surface area contributed by atoms with Crippen molar-refractivity contribution in [2.75, 3.05) is 0 Å². The van der Waals surface area contributed by atoms with Gasteiger partial charge in [-0.1, -0.05) is 12.2 Å². The SMILES string of the molecule is CC(=O)C12CC=CCC1CC2. The predicted octanol–water partition coefficient (Wildman–Crippen LogP) is 2.32. The summed E-state index contributed by atoms with van der Waals surface area (Å²) >= 11 is 0. The largest absolute Gasteiger partial charge is 0.299 e. The summed E-state index contributed by atoms with van der Waals surface area (Å²) in [6, 6.07) is 0. The van der Waals surface area contributed by atoms with Crippen LogP contribution in [0.5, 0.6) is 0 Å². The Kier molecular flexibility index (Phi) is 1.41. The van der Waals surface area contributed by atoms with Gasteiger partial charge in [-0.2, -0.15) is 0 Å². The Bertz CT molecular complexity index is 217. The number of allylic oxidation sites excluding steroid dienone is 2. The minimum atomic E-state index is 0.0920. The molecule has 2 aliphatic rings. The molecule has 0 aliphatic heterocycles. The van der Waals surface area contributed by atoms with Crippen LogP contribution in [0.1, 0.15) is 32.6 Å². The maximum absolute atomic E-state index is 11.3. The molecule has 2 rings (SSSR count). The molecule has 1 saturated carbocycles. The molecule has 11 heavy (non-hydrogen) atoms. The summed E-state index contributed by atoms with van der Waals surface area (Å²) in [7, 11) is 0. The highest BCUT2D eigenvalue weighted by molar-refractivity contribution is 5.84. The van der Waals surface area contributed by atoms with E-state index in [1.165, 1.54) is 6.42 Å². The molecular formula is C10H14O. The first-order chi connectivity index (χ1) is 5.26. The third kappa shape index (κ3) is 0.800. The summed E-state index contributed by atoms with van der Waals surface area (Å²) in [5.41, 5.74) is 0.0920. The quantitative estimate of drug-likeness (QED) is 0.524. The van der Waals surface area contributed by atoms with Crippen LogP contribution in [0.2, 0.25) is 0 Å². The lowest BCUT2D eigenvalue weighted by Crippen LogP contribution is -2.46. The Hall–Kier alpha value is -0.590. The number of Topliss-reactive ketones (excluding diaryl/α,β-unsaturated/α-hetero) is 1. The molecule has 2 unspecified atom stereocenters. The van der Waals surface area contributed by atoms with Gasteiger partial charge in [0.15, 0.2) is 0 Å². The van der Waals surface area contributed by atoms with Crippen LogP contribution in [0, 0.1) is 11.3 Å². The highest BCUT2D eigenvalue weighted by Crippen LogP contribution is 2.53. The lowest BCUT2D eigenvalue weighted by molar-refractivity contribution is -0.137. The normalized spacial score (nSPS) is 41.0. The number of hydrogen-bond donors (Lipinski definition) is 0. The Morgan fingerprint density at radius 3 is 2.73 bits per heavy atom. The molecule has 0 bridgehead atoms. The molecule has 0 aromatic rings. The Balaban J connectivity index is 2.24. The van der Waals surface area contributed by atoms with Gasteiger partial charge in [0.25, 0.3) is 0 Å². The number of hydrogen-bond acceptors (Lipinski definition) is 1. The minimum absolute atomic E-state index is 0.0920. The monoisotopic (exact) mass is 150 g/mol. The van der Waals surface area contributed by atoms with Crippen molar-refractivity contribution in [2.24, 2.45) is 11.3 Å². The van der Waals surface area contributed by atoms with Crippen LogP contribution in [0.3, 0.4) is 0 Å². The maximum atomic E-state index is 11.3. The molecule has 0 saturated heterocycles. The van der Waals surface area contributed by atoms with E-state index in [-0.39, 0.29) is 5.41 Å². The fourth-order valence-electron chi connectivity index (χ4n) is 2.47. The van der Waals surface area contributed by atoms with Crippen LogP contribution in [-0.4, -0.2) is 5.78 Å². The summed E-state index contributed by atoms with van der Waals surface area (Å²) < 4.78 is 0. The summed E-state index contributed by atoms with van der Waals surface area (Å²) in [5.74, 6) is 1.10. The lowest BCUT2D eigenvalue weighted by atomic mass is 9.54. The van der Waals surface area contributed by atoms with E-state index in [4.69, 9.17) is 0 Å². The topological polar surface area (TPSA) is 17.1 Å². The zero-order valence-corrected chi connectivity index (χ0v) is 6.97. The van der Waals surface area contributed by atoms with Crippen LogP contribution in [0.15, 0.2) is 12.2 Å². The molecule has 1 nitrogen and oxygen atoms in total. The summed E-state index contributed by atoms with van der Waals surface area (Å²) in [6.45, 7) is 1.76. The van der Waals surface area contributed by atoms with Crippen LogP contribution >= 0.6 is 0 Å². The fraction of sp³-hybridized carbons (Fsp3) is 0.700. The Morgan fingerprint density at radius 1 is 1.55 bits per heavy atom. The Morgan fingerprint density at radius 2 is 2.36 bits per heavy atom. The molecule has 2 atom stereocenters. The second kappa shape index (κ2) is 2.20. The average molecular weight is 150 g/mol. The van der Waals surface area contributed by atoms with Crippen molar-refractivity contribution >= 4 is 5.78 Å². The molecule has 0 N–H and O–H groups in total. The third-order valence-corrected chi connectivity index (χ3v) is 3.49. The van der Waals surface area contributed by atoms with Crippen molar-refractivity contribution in [1.82, 2.24) is 0 Å². The van der Waals surface area contributed by atoms with Gasteiger partial charge in [-0.3, -0.25) is 4.79 Å². The zero-order chi connectivity index (χ0) is 7.90. The van der Waals surface area contributed by atoms with Crippen molar-refractivity contribution < 1.29 is 4.79 Å². The van der Waals surface area contributed by atoms with Gasteiger partial charge in [0.05, 0.1) is 0 Å². The number of rotatable bonds is 1. The molecule has 0 radical (unpaired) electrons. The number of carbonyl (C=O) groups is 1. The average Bonchev–Trinajstić information content (AvgIpc) is 1.91. The summed E-state index contributed by atoms with van der Waals surface area (Å²) in [6.07, 6.45) is 8.95. The molecule has 0 aromatic heterocycles. The number of carbonyl (C=O) groups excluding carboxylic acids is 1. The van der Waals surface area contributed by atoms with E-state index < -0.39 is 0 Å². The van der Waals surface area contributed by atoms with Crippen molar-refractivity contribution in [3.63, 3.8) is 0 Å². The first kappa shape index (κ1) is 7.08. The molecule has 0 aromatic carbocycles. The van der Waals surface area contributed by atoms with Gasteiger partial charge >= 0.3 is 0 Å². The van der Waals surface area contributed by atoms with Gasteiger partial charge in [0, 0.05) is 5.41 Å². The van der Waals surface area contributed by atoms with Gasteiger partial charge in [-0.25, -0.2) is 0 Å². The molecular weight excluding hydrogens is 136 g/mol. The van der Waals surface area contributed by atoms with Gasteiger partial charge in [0.1, 0.15) is 5.78 Å². The Labute approximate surface area is 67.5 Å². The molecule has 2 aliphatic carbocycles. The van der Waals surface area contributed by atoms with E-state index in [0.717, 1.165) is 19.3 Å². The first-order valence-corrected chi connectivity index (χ1v) is 4.42. The van der Waals surface area contributed by atoms with E-state index in [2.05, 4.69) is 12.2 Å². The highest BCUT2D eigenvalue weighted by atomic mass is 16.1.